The lowest BCUT2D eigenvalue weighted by Crippen LogP contribution is -2.41. The van der Waals surface area contributed by atoms with Gasteiger partial charge >= 0.3 is 0 Å². The van der Waals surface area contributed by atoms with Crippen LogP contribution < -0.4 is 10.6 Å². The molecule has 12 heteroatoms. The SMILES string of the molecule is Cc1nsnc1C(=O)N[C@@H]1C[C@H](C(=O)N2CCCNC(=O)C2)C[C@H]1O.O=CO. The smallest absolute Gasteiger partial charge is 0.290 e. The van der Waals surface area contributed by atoms with Crippen LogP contribution in [0.4, 0.5) is 0 Å². The van der Waals surface area contributed by atoms with Crippen molar-refractivity contribution in [3.63, 3.8) is 0 Å². The summed E-state index contributed by atoms with van der Waals surface area (Å²) in [5.41, 5.74) is 0.786. The number of carbonyl (C=O) groups is 4. The first-order chi connectivity index (χ1) is 13.4. The van der Waals surface area contributed by atoms with Crippen molar-refractivity contribution in [2.45, 2.75) is 38.3 Å². The maximum Gasteiger partial charge on any atom is 0.290 e. The first-order valence-corrected chi connectivity index (χ1v) is 9.51. The van der Waals surface area contributed by atoms with Crippen LogP contribution in [-0.2, 0) is 14.4 Å². The Kier molecular flexibility index (Phi) is 7.81. The van der Waals surface area contributed by atoms with Crippen LogP contribution >= 0.6 is 11.7 Å². The van der Waals surface area contributed by atoms with Crippen LogP contribution in [0, 0.1) is 12.8 Å². The molecule has 154 valence electrons. The molecule has 1 aromatic rings. The number of aryl methyl sites for hydroxylation is 1. The number of aliphatic hydroxyl groups is 1. The molecule has 2 heterocycles. The van der Waals surface area contributed by atoms with E-state index >= 15 is 0 Å². The largest absolute Gasteiger partial charge is 0.483 e. The first kappa shape index (κ1) is 21.7. The average Bonchev–Trinajstić information content (AvgIpc) is 3.16. The lowest BCUT2D eigenvalue weighted by Gasteiger charge is -2.22. The van der Waals surface area contributed by atoms with Crippen LogP contribution in [0.1, 0.15) is 35.4 Å². The highest BCUT2D eigenvalue weighted by Gasteiger charge is 2.40. The zero-order valence-corrected chi connectivity index (χ0v) is 16.1. The van der Waals surface area contributed by atoms with E-state index in [1.807, 2.05) is 0 Å². The molecule has 3 rings (SSSR count). The highest BCUT2D eigenvalue weighted by atomic mass is 32.1. The Morgan fingerprint density at radius 3 is 2.71 bits per heavy atom. The van der Waals surface area contributed by atoms with Crippen molar-refractivity contribution in [3.05, 3.63) is 11.4 Å². The Balaban J connectivity index is 0.000000878. The third-order valence-electron chi connectivity index (χ3n) is 4.64. The van der Waals surface area contributed by atoms with Gasteiger partial charge in [0.15, 0.2) is 5.69 Å². The molecule has 1 saturated heterocycles. The third kappa shape index (κ3) is 5.45. The van der Waals surface area contributed by atoms with Crippen molar-refractivity contribution in [3.8, 4) is 0 Å². The van der Waals surface area contributed by atoms with E-state index in [9.17, 15) is 19.5 Å². The number of carbonyl (C=O) groups excluding carboxylic acids is 3. The van der Waals surface area contributed by atoms with E-state index in [1.54, 1.807) is 11.8 Å². The molecule has 3 atom stereocenters. The molecular weight excluding hydrogens is 390 g/mol. The van der Waals surface area contributed by atoms with E-state index < -0.39 is 24.0 Å². The van der Waals surface area contributed by atoms with Gasteiger partial charge in [-0.05, 0) is 26.2 Å². The summed E-state index contributed by atoms with van der Waals surface area (Å²) in [6.45, 7) is 2.58. The number of hydrogen-bond acceptors (Lipinski definition) is 8. The topological polar surface area (TPSA) is 162 Å². The van der Waals surface area contributed by atoms with Crippen molar-refractivity contribution in [2.75, 3.05) is 19.6 Å². The summed E-state index contributed by atoms with van der Waals surface area (Å²) in [5.74, 6) is -1.10. The van der Waals surface area contributed by atoms with E-state index in [4.69, 9.17) is 9.90 Å². The van der Waals surface area contributed by atoms with Gasteiger partial charge in [0.2, 0.25) is 11.8 Å². The Morgan fingerprint density at radius 2 is 2.07 bits per heavy atom. The van der Waals surface area contributed by atoms with Crippen LogP contribution in [0.15, 0.2) is 0 Å². The van der Waals surface area contributed by atoms with Gasteiger partial charge in [0.05, 0.1) is 36.1 Å². The van der Waals surface area contributed by atoms with Gasteiger partial charge < -0.3 is 25.7 Å². The second kappa shape index (κ2) is 10.1. The summed E-state index contributed by atoms with van der Waals surface area (Å²) in [4.78, 5) is 46.4. The van der Waals surface area contributed by atoms with Crippen molar-refractivity contribution < 1.29 is 29.4 Å². The Labute approximate surface area is 165 Å². The molecule has 4 N–H and O–H groups in total. The van der Waals surface area contributed by atoms with Crippen molar-refractivity contribution in [1.29, 1.82) is 0 Å². The molecule has 0 aromatic carbocycles. The zero-order chi connectivity index (χ0) is 20.7. The van der Waals surface area contributed by atoms with Gasteiger partial charge in [-0.3, -0.25) is 19.2 Å². The molecule has 2 fully saturated rings. The van der Waals surface area contributed by atoms with Gasteiger partial charge in [-0.2, -0.15) is 8.75 Å². The predicted octanol–water partition coefficient (Wildman–Crippen LogP) is -1.23. The highest BCUT2D eigenvalue weighted by molar-refractivity contribution is 6.99. The van der Waals surface area contributed by atoms with Crippen LogP contribution in [-0.4, -0.2) is 79.8 Å². The fraction of sp³-hybridized carbons (Fsp3) is 0.625. The molecular formula is C16H23N5O6S. The molecule has 0 unspecified atom stereocenters. The van der Waals surface area contributed by atoms with Gasteiger partial charge in [0, 0.05) is 19.0 Å². The van der Waals surface area contributed by atoms with E-state index in [-0.39, 0.29) is 36.9 Å². The van der Waals surface area contributed by atoms with Gasteiger partial charge in [-0.15, -0.1) is 0 Å². The van der Waals surface area contributed by atoms with Crippen LogP contribution in [0.3, 0.4) is 0 Å². The summed E-state index contributed by atoms with van der Waals surface area (Å²) in [6, 6.07) is -0.511. The molecule has 28 heavy (non-hydrogen) atoms. The fourth-order valence-corrected chi connectivity index (χ4v) is 3.85. The maximum atomic E-state index is 12.7. The van der Waals surface area contributed by atoms with Crippen molar-refractivity contribution in [1.82, 2.24) is 24.3 Å². The molecule has 0 bridgehead atoms. The minimum absolute atomic E-state index is 0.0478. The zero-order valence-electron chi connectivity index (χ0n) is 15.3. The van der Waals surface area contributed by atoms with E-state index in [0.29, 0.717) is 31.6 Å². The molecule has 1 saturated carbocycles. The molecule has 11 nitrogen and oxygen atoms in total. The predicted molar refractivity (Wildman–Crippen MR) is 97.5 cm³/mol. The number of aromatic nitrogens is 2. The van der Waals surface area contributed by atoms with Gasteiger partial charge in [-0.25, -0.2) is 0 Å². The minimum atomic E-state index is -0.800. The van der Waals surface area contributed by atoms with Crippen LogP contribution in [0.5, 0.6) is 0 Å². The number of amides is 3. The van der Waals surface area contributed by atoms with Crippen molar-refractivity contribution >= 4 is 35.9 Å². The van der Waals surface area contributed by atoms with E-state index in [2.05, 4.69) is 19.4 Å². The number of nitrogens with zero attached hydrogens (tertiary/aromatic N) is 3. The molecule has 0 spiro atoms. The normalized spacial score (nSPS) is 24.4. The first-order valence-electron chi connectivity index (χ1n) is 8.78. The Morgan fingerprint density at radius 1 is 1.36 bits per heavy atom. The molecule has 1 aliphatic carbocycles. The third-order valence-corrected chi connectivity index (χ3v) is 5.26. The second-order valence-electron chi connectivity index (χ2n) is 6.58. The summed E-state index contributed by atoms with van der Waals surface area (Å²) in [5, 5.41) is 22.6. The van der Waals surface area contributed by atoms with E-state index in [0.717, 1.165) is 11.7 Å². The molecule has 2 aliphatic rings. The average molecular weight is 413 g/mol. The van der Waals surface area contributed by atoms with Gasteiger partial charge in [-0.1, -0.05) is 0 Å². The molecule has 1 aromatic heterocycles. The quantitative estimate of drug-likeness (QED) is 0.448. The minimum Gasteiger partial charge on any atom is -0.483 e. The van der Waals surface area contributed by atoms with Gasteiger partial charge in [0.25, 0.3) is 12.4 Å². The standard InChI is InChI=1S/C15H21N5O4S.CH2O2/c1-8-13(19-25-18-8)14(23)17-10-5-9(6-11(10)21)15(24)20-4-2-3-16-12(22)7-20;2-1-3/h9-11,21H,2-7H2,1H3,(H,16,22)(H,17,23);1H,(H,2,3)/t9-,10+,11+;/m0./s1. The maximum absolute atomic E-state index is 12.7. The number of aliphatic hydroxyl groups excluding tert-OH is 1. The summed E-state index contributed by atoms with van der Waals surface area (Å²) in [7, 11) is 0. The molecule has 3 amide bonds. The summed E-state index contributed by atoms with van der Waals surface area (Å²) in [6.07, 6.45) is 0.533. The Bertz CT molecular complexity index is 726. The molecule has 1 aliphatic heterocycles. The fourth-order valence-electron chi connectivity index (χ4n) is 3.30. The second-order valence-corrected chi connectivity index (χ2v) is 7.11. The lowest BCUT2D eigenvalue weighted by molar-refractivity contribution is -0.138. The number of carboxylic acid groups (broad SMARTS) is 1. The van der Waals surface area contributed by atoms with Crippen molar-refractivity contribution in [2.24, 2.45) is 5.92 Å². The number of nitrogens with one attached hydrogen (secondary N) is 2. The lowest BCUT2D eigenvalue weighted by atomic mass is 10.1. The summed E-state index contributed by atoms with van der Waals surface area (Å²) < 4.78 is 7.91. The van der Waals surface area contributed by atoms with Gasteiger partial charge in [0.1, 0.15) is 0 Å². The Hall–Kier alpha value is -2.60. The monoisotopic (exact) mass is 413 g/mol. The summed E-state index contributed by atoms with van der Waals surface area (Å²) >= 11 is 0.958. The number of rotatable bonds is 3. The van der Waals surface area contributed by atoms with Crippen LogP contribution in [0.25, 0.3) is 0 Å². The van der Waals surface area contributed by atoms with Crippen LogP contribution in [0.2, 0.25) is 0 Å². The van der Waals surface area contributed by atoms with E-state index in [1.165, 1.54) is 0 Å². The highest BCUT2D eigenvalue weighted by Crippen LogP contribution is 2.28. The molecule has 0 radical (unpaired) electrons. The number of hydrogen-bond donors (Lipinski definition) is 4.